The van der Waals surface area contributed by atoms with E-state index in [1.807, 2.05) is 30.3 Å². The first-order valence-electron chi connectivity index (χ1n) is 6.29. The first kappa shape index (κ1) is 12.7. The normalized spacial score (nSPS) is 12.3. The first-order chi connectivity index (χ1) is 8.79. The second-order valence-electron chi connectivity index (χ2n) is 4.36. The van der Waals surface area contributed by atoms with Gasteiger partial charge in [0.2, 0.25) is 0 Å². The molecular weight excluding hydrogens is 226 g/mol. The molecule has 1 aromatic heterocycles. The van der Waals surface area contributed by atoms with E-state index >= 15 is 0 Å². The molecule has 1 aromatic carbocycles. The van der Waals surface area contributed by atoms with E-state index in [1.165, 1.54) is 0 Å². The van der Waals surface area contributed by atoms with Crippen LogP contribution >= 0.6 is 0 Å². The molecule has 2 aromatic rings. The lowest BCUT2D eigenvalue weighted by atomic mass is 10.0. The molecule has 96 valence electrons. The van der Waals surface area contributed by atoms with Crippen molar-refractivity contribution in [2.75, 3.05) is 6.61 Å². The van der Waals surface area contributed by atoms with Crippen LogP contribution in [0.4, 0.5) is 0 Å². The van der Waals surface area contributed by atoms with Crippen molar-refractivity contribution < 1.29 is 9.15 Å². The second-order valence-corrected chi connectivity index (χ2v) is 4.36. The van der Waals surface area contributed by atoms with E-state index in [1.54, 1.807) is 12.5 Å². The van der Waals surface area contributed by atoms with Crippen LogP contribution in [0.15, 0.2) is 47.3 Å². The summed E-state index contributed by atoms with van der Waals surface area (Å²) in [5.41, 5.74) is 8.39. The van der Waals surface area contributed by atoms with Gasteiger partial charge in [-0.05, 0) is 42.2 Å². The number of ether oxygens (including phenoxy) is 1. The molecule has 0 saturated heterocycles. The molecule has 0 amide bonds. The molecule has 2 rings (SSSR count). The van der Waals surface area contributed by atoms with Crippen LogP contribution in [-0.4, -0.2) is 6.61 Å². The molecular formula is C15H19NO2. The molecule has 3 heteroatoms. The molecule has 0 aliphatic carbocycles. The average molecular weight is 245 g/mol. The van der Waals surface area contributed by atoms with Crippen LogP contribution in [0.5, 0.6) is 5.75 Å². The molecule has 2 N–H and O–H groups in total. The van der Waals surface area contributed by atoms with Gasteiger partial charge in [0.05, 0.1) is 19.1 Å². The molecule has 0 aliphatic heterocycles. The Morgan fingerprint density at radius 2 is 2.22 bits per heavy atom. The summed E-state index contributed by atoms with van der Waals surface area (Å²) in [6.07, 6.45) is 5.18. The van der Waals surface area contributed by atoms with Gasteiger partial charge in [0.15, 0.2) is 0 Å². The van der Waals surface area contributed by atoms with E-state index < -0.39 is 0 Å². The molecule has 0 fully saturated rings. The summed E-state index contributed by atoms with van der Waals surface area (Å²) < 4.78 is 10.7. The minimum absolute atomic E-state index is 0.0345. The Bertz CT molecular complexity index is 465. The van der Waals surface area contributed by atoms with Crippen molar-refractivity contribution in [3.8, 4) is 5.75 Å². The zero-order chi connectivity index (χ0) is 12.8. The van der Waals surface area contributed by atoms with Gasteiger partial charge in [-0.25, -0.2) is 0 Å². The Morgan fingerprint density at radius 1 is 1.33 bits per heavy atom. The van der Waals surface area contributed by atoms with Gasteiger partial charge in [-0.15, -0.1) is 0 Å². The largest absolute Gasteiger partial charge is 0.494 e. The van der Waals surface area contributed by atoms with Crippen molar-refractivity contribution in [3.05, 3.63) is 54.0 Å². The molecule has 1 atom stereocenters. The molecule has 3 nitrogen and oxygen atoms in total. The fourth-order valence-corrected chi connectivity index (χ4v) is 1.84. The highest BCUT2D eigenvalue weighted by atomic mass is 16.5. The van der Waals surface area contributed by atoms with Gasteiger partial charge < -0.3 is 14.9 Å². The van der Waals surface area contributed by atoms with Crippen LogP contribution < -0.4 is 10.5 Å². The van der Waals surface area contributed by atoms with E-state index in [0.717, 1.165) is 36.3 Å². The number of hydrogen-bond acceptors (Lipinski definition) is 3. The fraction of sp³-hybridized carbons (Fsp3) is 0.333. The van der Waals surface area contributed by atoms with E-state index in [9.17, 15) is 0 Å². The summed E-state index contributed by atoms with van der Waals surface area (Å²) in [6, 6.07) is 9.90. The minimum atomic E-state index is -0.0345. The quantitative estimate of drug-likeness (QED) is 0.849. The standard InChI is InChI=1S/C15H19NO2/c1-2-7-18-14-5-3-4-13(10-14)15(16)9-12-6-8-17-11-12/h3-6,8,10-11,15H,2,7,9,16H2,1H3. The molecule has 0 spiro atoms. The van der Waals surface area contributed by atoms with Crippen molar-refractivity contribution >= 4 is 0 Å². The molecule has 0 radical (unpaired) electrons. The van der Waals surface area contributed by atoms with Crippen LogP contribution in [-0.2, 0) is 6.42 Å². The highest BCUT2D eigenvalue weighted by Crippen LogP contribution is 2.21. The summed E-state index contributed by atoms with van der Waals surface area (Å²) >= 11 is 0. The van der Waals surface area contributed by atoms with Gasteiger partial charge in [-0.2, -0.15) is 0 Å². The SMILES string of the molecule is CCCOc1cccc(C(N)Cc2ccoc2)c1. The number of hydrogen-bond donors (Lipinski definition) is 1. The third-order valence-electron chi connectivity index (χ3n) is 2.79. The number of rotatable bonds is 6. The van der Waals surface area contributed by atoms with Gasteiger partial charge >= 0.3 is 0 Å². The van der Waals surface area contributed by atoms with Crippen molar-refractivity contribution in [1.29, 1.82) is 0 Å². The maximum atomic E-state index is 6.19. The predicted octanol–water partition coefficient (Wildman–Crippen LogP) is 3.31. The number of benzene rings is 1. The summed E-state index contributed by atoms with van der Waals surface area (Å²) in [5, 5.41) is 0. The van der Waals surface area contributed by atoms with Gasteiger partial charge in [-0.1, -0.05) is 19.1 Å². The summed E-state index contributed by atoms with van der Waals surface area (Å²) in [7, 11) is 0. The van der Waals surface area contributed by atoms with Crippen molar-refractivity contribution in [1.82, 2.24) is 0 Å². The lowest BCUT2D eigenvalue weighted by Crippen LogP contribution is -2.13. The highest BCUT2D eigenvalue weighted by molar-refractivity contribution is 5.31. The van der Waals surface area contributed by atoms with Crippen LogP contribution in [0.3, 0.4) is 0 Å². The maximum absolute atomic E-state index is 6.19. The summed E-state index contributed by atoms with van der Waals surface area (Å²) in [5.74, 6) is 0.886. The number of furan rings is 1. The Hall–Kier alpha value is -1.74. The smallest absolute Gasteiger partial charge is 0.119 e. The zero-order valence-corrected chi connectivity index (χ0v) is 10.6. The lowest BCUT2D eigenvalue weighted by molar-refractivity contribution is 0.317. The molecule has 1 heterocycles. The van der Waals surface area contributed by atoms with Gasteiger partial charge in [0, 0.05) is 6.04 Å². The third kappa shape index (κ3) is 3.37. The van der Waals surface area contributed by atoms with Crippen LogP contribution in [0, 0.1) is 0 Å². The second kappa shape index (κ2) is 6.26. The lowest BCUT2D eigenvalue weighted by Gasteiger charge is -2.12. The van der Waals surface area contributed by atoms with Crippen LogP contribution in [0.2, 0.25) is 0 Å². The monoisotopic (exact) mass is 245 g/mol. The Labute approximate surface area is 108 Å². The van der Waals surface area contributed by atoms with E-state index in [4.69, 9.17) is 14.9 Å². The molecule has 0 aliphatic rings. The summed E-state index contributed by atoms with van der Waals surface area (Å²) in [6.45, 7) is 2.83. The van der Waals surface area contributed by atoms with Crippen LogP contribution in [0.25, 0.3) is 0 Å². The summed E-state index contributed by atoms with van der Waals surface area (Å²) in [4.78, 5) is 0. The van der Waals surface area contributed by atoms with Crippen molar-refractivity contribution in [2.45, 2.75) is 25.8 Å². The van der Waals surface area contributed by atoms with E-state index in [-0.39, 0.29) is 6.04 Å². The third-order valence-corrected chi connectivity index (χ3v) is 2.79. The zero-order valence-electron chi connectivity index (χ0n) is 10.6. The maximum Gasteiger partial charge on any atom is 0.119 e. The van der Waals surface area contributed by atoms with Crippen LogP contribution in [0.1, 0.15) is 30.5 Å². The molecule has 0 bridgehead atoms. The van der Waals surface area contributed by atoms with Crippen molar-refractivity contribution in [2.24, 2.45) is 5.73 Å². The Balaban J connectivity index is 2.03. The molecule has 18 heavy (non-hydrogen) atoms. The van der Waals surface area contributed by atoms with E-state index in [2.05, 4.69) is 6.92 Å². The molecule has 1 unspecified atom stereocenters. The van der Waals surface area contributed by atoms with E-state index in [0.29, 0.717) is 0 Å². The fourth-order valence-electron chi connectivity index (χ4n) is 1.84. The topological polar surface area (TPSA) is 48.4 Å². The van der Waals surface area contributed by atoms with Gasteiger partial charge in [0.25, 0.3) is 0 Å². The van der Waals surface area contributed by atoms with Crippen molar-refractivity contribution in [3.63, 3.8) is 0 Å². The minimum Gasteiger partial charge on any atom is -0.494 e. The Morgan fingerprint density at radius 3 is 2.94 bits per heavy atom. The Kier molecular flexibility index (Phi) is 4.42. The van der Waals surface area contributed by atoms with Gasteiger partial charge in [-0.3, -0.25) is 0 Å². The highest BCUT2D eigenvalue weighted by Gasteiger charge is 2.08. The molecule has 0 saturated carbocycles. The number of nitrogens with two attached hydrogens (primary N) is 1. The van der Waals surface area contributed by atoms with Gasteiger partial charge in [0.1, 0.15) is 5.75 Å². The predicted molar refractivity (Wildman–Crippen MR) is 71.6 cm³/mol. The average Bonchev–Trinajstić information content (AvgIpc) is 2.89. The first-order valence-corrected chi connectivity index (χ1v) is 6.29.